The monoisotopic (exact) mass is 411 g/mol. The van der Waals surface area contributed by atoms with Crippen LogP contribution in [0.15, 0.2) is 63.5 Å². The molecular formula is C21H22BrN3O. The predicted octanol–water partition coefficient (Wildman–Crippen LogP) is 5.30. The highest BCUT2D eigenvalue weighted by molar-refractivity contribution is 9.10. The van der Waals surface area contributed by atoms with E-state index < -0.39 is 0 Å². The van der Waals surface area contributed by atoms with E-state index in [2.05, 4.69) is 68.3 Å². The fourth-order valence-electron chi connectivity index (χ4n) is 3.24. The van der Waals surface area contributed by atoms with Gasteiger partial charge in [-0.3, -0.25) is 4.90 Å². The van der Waals surface area contributed by atoms with Gasteiger partial charge in [0, 0.05) is 22.6 Å². The van der Waals surface area contributed by atoms with Crippen LogP contribution in [0.25, 0.3) is 11.5 Å². The van der Waals surface area contributed by atoms with E-state index in [9.17, 15) is 0 Å². The Morgan fingerprint density at radius 2 is 1.77 bits per heavy atom. The standard InChI is InChI=1S/C21H22BrN3O/c1-15(17-7-8-17)25(13-16-5-3-2-4-6-16)14-20-23-24-21(26-20)18-9-11-19(22)12-10-18/h2-6,9-12,15,17H,7-8,13-14H2,1H3. The first-order valence-corrected chi connectivity index (χ1v) is 9.84. The molecule has 1 heterocycles. The van der Waals surface area contributed by atoms with Gasteiger partial charge in [-0.05, 0) is 55.5 Å². The zero-order valence-electron chi connectivity index (χ0n) is 14.8. The van der Waals surface area contributed by atoms with Crippen LogP contribution in [-0.2, 0) is 13.1 Å². The largest absolute Gasteiger partial charge is 0.419 e. The van der Waals surface area contributed by atoms with E-state index in [1.165, 1.54) is 18.4 Å². The maximum absolute atomic E-state index is 5.95. The topological polar surface area (TPSA) is 42.2 Å². The van der Waals surface area contributed by atoms with Gasteiger partial charge in [-0.15, -0.1) is 10.2 Å². The molecule has 1 saturated carbocycles. The molecule has 0 spiro atoms. The zero-order chi connectivity index (χ0) is 17.9. The third kappa shape index (κ3) is 4.22. The van der Waals surface area contributed by atoms with Crippen molar-refractivity contribution in [2.24, 2.45) is 5.92 Å². The van der Waals surface area contributed by atoms with Crippen LogP contribution in [0, 0.1) is 5.92 Å². The fourth-order valence-corrected chi connectivity index (χ4v) is 3.50. The second kappa shape index (κ2) is 7.72. The fraction of sp³-hybridized carbons (Fsp3) is 0.333. The van der Waals surface area contributed by atoms with Gasteiger partial charge in [-0.1, -0.05) is 46.3 Å². The van der Waals surface area contributed by atoms with Gasteiger partial charge < -0.3 is 4.42 Å². The Hall–Kier alpha value is -1.98. The number of aromatic nitrogens is 2. The van der Waals surface area contributed by atoms with Crippen molar-refractivity contribution in [3.8, 4) is 11.5 Å². The van der Waals surface area contributed by atoms with Gasteiger partial charge in [0.05, 0.1) is 6.54 Å². The van der Waals surface area contributed by atoms with Gasteiger partial charge in [0.1, 0.15) is 0 Å². The minimum Gasteiger partial charge on any atom is -0.419 e. The molecule has 1 fully saturated rings. The van der Waals surface area contributed by atoms with E-state index in [1.807, 2.05) is 24.3 Å². The molecule has 0 bridgehead atoms. The van der Waals surface area contributed by atoms with Crippen molar-refractivity contribution in [3.05, 3.63) is 70.5 Å². The van der Waals surface area contributed by atoms with Crippen LogP contribution in [-0.4, -0.2) is 21.1 Å². The first-order chi connectivity index (χ1) is 12.7. The van der Waals surface area contributed by atoms with Crippen LogP contribution in [0.2, 0.25) is 0 Å². The molecule has 0 aliphatic heterocycles. The highest BCUT2D eigenvalue weighted by Crippen LogP contribution is 2.36. The molecule has 1 aliphatic carbocycles. The van der Waals surface area contributed by atoms with Crippen molar-refractivity contribution in [1.82, 2.24) is 15.1 Å². The first-order valence-electron chi connectivity index (χ1n) is 9.05. The summed E-state index contributed by atoms with van der Waals surface area (Å²) < 4.78 is 6.98. The lowest BCUT2D eigenvalue weighted by Crippen LogP contribution is -2.33. The van der Waals surface area contributed by atoms with Gasteiger partial charge in [0.15, 0.2) is 0 Å². The maximum atomic E-state index is 5.95. The molecular weight excluding hydrogens is 390 g/mol. The lowest BCUT2D eigenvalue weighted by atomic mass is 10.1. The number of nitrogens with zero attached hydrogens (tertiary/aromatic N) is 3. The molecule has 1 atom stereocenters. The minimum absolute atomic E-state index is 0.512. The summed E-state index contributed by atoms with van der Waals surface area (Å²) in [6.45, 7) is 3.89. The van der Waals surface area contributed by atoms with E-state index >= 15 is 0 Å². The van der Waals surface area contributed by atoms with Gasteiger partial charge in [-0.2, -0.15) is 0 Å². The number of hydrogen-bond donors (Lipinski definition) is 0. The molecule has 4 rings (SSSR count). The molecule has 5 heteroatoms. The van der Waals surface area contributed by atoms with Crippen molar-refractivity contribution in [2.45, 2.75) is 38.9 Å². The molecule has 3 aromatic rings. The van der Waals surface area contributed by atoms with Gasteiger partial charge in [0.2, 0.25) is 11.8 Å². The quantitative estimate of drug-likeness (QED) is 0.528. The third-order valence-electron chi connectivity index (χ3n) is 5.01. The summed E-state index contributed by atoms with van der Waals surface area (Å²) in [5.74, 6) is 2.03. The number of hydrogen-bond acceptors (Lipinski definition) is 4. The van der Waals surface area contributed by atoms with E-state index in [-0.39, 0.29) is 0 Å². The highest BCUT2D eigenvalue weighted by Gasteiger charge is 2.32. The normalized spacial score (nSPS) is 15.3. The SMILES string of the molecule is CC(C1CC1)N(Cc1ccccc1)Cc1nnc(-c2ccc(Br)cc2)o1. The Morgan fingerprint density at radius 3 is 2.46 bits per heavy atom. The molecule has 1 aromatic heterocycles. The summed E-state index contributed by atoms with van der Waals surface area (Å²) in [4.78, 5) is 2.45. The summed E-state index contributed by atoms with van der Waals surface area (Å²) >= 11 is 3.45. The summed E-state index contributed by atoms with van der Waals surface area (Å²) in [5.41, 5.74) is 2.25. The smallest absolute Gasteiger partial charge is 0.247 e. The molecule has 0 saturated heterocycles. The van der Waals surface area contributed by atoms with Crippen LogP contribution in [0.4, 0.5) is 0 Å². The second-order valence-electron chi connectivity index (χ2n) is 6.98. The Bertz CT molecular complexity index is 843. The Labute approximate surface area is 162 Å². The van der Waals surface area contributed by atoms with Gasteiger partial charge in [0.25, 0.3) is 0 Å². The lowest BCUT2D eigenvalue weighted by Gasteiger charge is -2.28. The van der Waals surface area contributed by atoms with Crippen LogP contribution in [0.3, 0.4) is 0 Å². The van der Waals surface area contributed by atoms with Crippen LogP contribution >= 0.6 is 15.9 Å². The first kappa shape index (κ1) is 17.4. The molecule has 0 amide bonds. The van der Waals surface area contributed by atoms with Crippen LogP contribution in [0.5, 0.6) is 0 Å². The average Bonchev–Trinajstić information content (AvgIpc) is 3.41. The van der Waals surface area contributed by atoms with Crippen molar-refractivity contribution >= 4 is 15.9 Å². The van der Waals surface area contributed by atoms with Gasteiger partial charge >= 0.3 is 0 Å². The molecule has 4 nitrogen and oxygen atoms in total. The molecule has 0 radical (unpaired) electrons. The molecule has 1 aliphatic rings. The number of rotatable bonds is 7. The highest BCUT2D eigenvalue weighted by atomic mass is 79.9. The van der Waals surface area contributed by atoms with E-state index in [0.717, 1.165) is 22.5 Å². The van der Waals surface area contributed by atoms with E-state index in [1.54, 1.807) is 0 Å². The number of benzene rings is 2. The third-order valence-corrected chi connectivity index (χ3v) is 5.53. The Morgan fingerprint density at radius 1 is 1.04 bits per heavy atom. The van der Waals surface area contributed by atoms with Crippen LogP contribution in [0.1, 0.15) is 31.2 Å². The Balaban J connectivity index is 1.51. The summed E-state index contributed by atoms with van der Waals surface area (Å²) in [7, 11) is 0. The Kier molecular flexibility index (Phi) is 5.18. The lowest BCUT2D eigenvalue weighted by molar-refractivity contribution is 0.156. The molecule has 0 N–H and O–H groups in total. The second-order valence-corrected chi connectivity index (χ2v) is 7.89. The average molecular weight is 412 g/mol. The van der Waals surface area contributed by atoms with E-state index in [0.29, 0.717) is 24.4 Å². The van der Waals surface area contributed by atoms with Gasteiger partial charge in [-0.25, -0.2) is 0 Å². The molecule has 134 valence electrons. The summed E-state index contributed by atoms with van der Waals surface area (Å²) in [6.07, 6.45) is 2.64. The van der Waals surface area contributed by atoms with Crippen molar-refractivity contribution in [2.75, 3.05) is 0 Å². The summed E-state index contributed by atoms with van der Waals surface area (Å²) in [5, 5.41) is 8.53. The van der Waals surface area contributed by atoms with Crippen LogP contribution < -0.4 is 0 Å². The molecule has 2 aromatic carbocycles. The molecule has 26 heavy (non-hydrogen) atoms. The zero-order valence-corrected chi connectivity index (χ0v) is 16.4. The molecule has 1 unspecified atom stereocenters. The summed E-state index contributed by atoms with van der Waals surface area (Å²) in [6, 6.07) is 19.0. The van der Waals surface area contributed by atoms with Crippen molar-refractivity contribution in [1.29, 1.82) is 0 Å². The number of halogens is 1. The predicted molar refractivity (Wildman–Crippen MR) is 105 cm³/mol. The maximum Gasteiger partial charge on any atom is 0.247 e. The van der Waals surface area contributed by atoms with Crippen molar-refractivity contribution in [3.63, 3.8) is 0 Å². The minimum atomic E-state index is 0.512. The van der Waals surface area contributed by atoms with E-state index in [4.69, 9.17) is 4.42 Å². The van der Waals surface area contributed by atoms with Crippen molar-refractivity contribution < 1.29 is 4.42 Å².